The lowest BCUT2D eigenvalue weighted by molar-refractivity contribution is 0.0342. The van der Waals surface area contributed by atoms with Crippen molar-refractivity contribution in [3.05, 3.63) is 72.4 Å². The number of morpholine rings is 1. The van der Waals surface area contributed by atoms with Crippen LogP contribution in [-0.4, -0.2) is 63.2 Å². The van der Waals surface area contributed by atoms with Gasteiger partial charge < -0.3 is 20.1 Å². The highest BCUT2D eigenvalue weighted by molar-refractivity contribution is 5.75. The van der Waals surface area contributed by atoms with E-state index in [2.05, 4.69) is 40.5 Å². The predicted molar refractivity (Wildman–Crippen MR) is 133 cm³/mol. The van der Waals surface area contributed by atoms with Crippen molar-refractivity contribution >= 4 is 23.1 Å². The van der Waals surface area contributed by atoms with E-state index in [9.17, 15) is 8.78 Å². The number of pyridine rings is 1. The summed E-state index contributed by atoms with van der Waals surface area (Å²) >= 11 is 0. The normalized spacial score (nSPS) is 13.8. The summed E-state index contributed by atoms with van der Waals surface area (Å²) in [4.78, 5) is 23.8. The Bertz CT molecular complexity index is 1380. The molecule has 5 rings (SSSR count). The number of hydrogen-bond donors (Lipinski definition) is 2. The van der Waals surface area contributed by atoms with Gasteiger partial charge in [0.15, 0.2) is 17.4 Å². The molecular weight excluding hydrogens is 482 g/mol. The topological polar surface area (TPSA) is 110 Å². The number of rotatable bonds is 8. The SMILES string of the molecule is COc1ccc(F)c(Nc2nccnc2-c2cc(Nc3cc(CN4CCOCC4)ccn3)ncn2)c1F. The van der Waals surface area contributed by atoms with E-state index in [1.165, 1.54) is 31.9 Å². The van der Waals surface area contributed by atoms with Crippen LogP contribution in [0.15, 0.2) is 55.2 Å². The van der Waals surface area contributed by atoms with Crippen LogP contribution >= 0.6 is 0 Å². The fraction of sp³-hybridized carbons (Fsp3) is 0.240. The molecule has 4 heterocycles. The van der Waals surface area contributed by atoms with Crippen molar-refractivity contribution in [1.82, 2.24) is 29.8 Å². The lowest BCUT2D eigenvalue weighted by Gasteiger charge is -2.26. The molecule has 0 saturated carbocycles. The third-order valence-corrected chi connectivity index (χ3v) is 5.72. The summed E-state index contributed by atoms with van der Waals surface area (Å²) in [5, 5.41) is 5.87. The lowest BCUT2D eigenvalue weighted by Crippen LogP contribution is -2.35. The van der Waals surface area contributed by atoms with Crippen LogP contribution in [0.5, 0.6) is 5.75 Å². The van der Waals surface area contributed by atoms with Gasteiger partial charge in [0.2, 0.25) is 0 Å². The molecule has 3 aromatic heterocycles. The molecule has 0 aliphatic carbocycles. The molecule has 12 heteroatoms. The molecule has 1 aliphatic rings. The maximum absolute atomic E-state index is 14.7. The van der Waals surface area contributed by atoms with Crippen LogP contribution in [0.1, 0.15) is 5.56 Å². The molecule has 2 N–H and O–H groups in total. The molecule has 10 nitrogen and oxygen atoms in total. The molecule has 1 saturated heterocycles. The first-order valence-electron chi connectivity index (χ1n) is 11.5. The van der Waals surface area contributed by atoms with E-state index < -0.39 is 17.3 Å². The largest absolute Gasteiger partial charge is 0.494 e. The van der Waals surface area contributed by atoms with E-state index in [-0.39, 0.29) is 17.3 Å². The molecule has 1 fully saturated rings. The van der Waals surface area contributed by atoms with Crippen molar-refractivity contribution < 1.29 is 18.3 Å². The number of nitrogens with one attached hydrogen (secondary N) is 2. The molecule has 190 valence electrons. The molecule has 0 radical (unpaired) electrons. The molecular formula is C25H24F2N8O2. The van der Waals surface area contributed by atoms with Gasteiger partial charge in [0, 0.05) is 44.3 Å². The molecule has 0 amide bonds. The number of aromatic nitrogens is 5. The third-order valence-electron chi connectivity index (χ3n) is 5.72. The van der Waals surface area contributed by atoms with E-state index >= 15 is 0 Å². The van der Waals surface area contributed by atoms with Crippen LogP contribution in [0, 0.1) is 11.6 Å². The van der Waals surface area contributed by atoms with Gasteiger partial charge >= 0.3 is 0 Å². The molecule has 0 atom stereocenters. The van der Waals surface area contributed by atoms with Crippen molar-refractivity contribution in [1.29, 1.82) is 0 Å². The summed E-state index contributed by atoms with van der Waals surface area (Å²) in [6.07, 6.45) is 5.97. The average molecular weight is 507 g/mol. The smallest absolute Gasteiger partial charge is 0.191 e. The summed E-state index contributed by atoms with van der Waals surface area (Å²) < 4.78 is 39.5. The molecule has 1 aromatic carbocycles. The van der Waals surface area contributed by atoms with Crippen molar-refractivity contribution in [2.24, 2.45) is 0 Å². The van der Waals surface area contributed by atoms with Crippen LogP contribution < -0.4 is 15.4 Å². The van der Waals surface area contributed by atoms with Gasteiger partial charge in [-0.25, -0.2) is 33.7 Å². The Hall–Kier alpha value is -4.29. The Balaban J connectivity index is 1.37. The second kappa shape index (κ2) is 11.2. The number of anilines is 4. The van der Waals surface area contributed by atoms with E-state index in [4.69, 9.17) is 9.47 Å². The number of halogens is 2. The lowest BCUT2D eigenvalue weighted by atomic mass is 10.2. The van der Waals surface area contributed by atoms with Gasteiger partial charge in [-0.1, -0.05) is 0 Å². The van der Waals surface area contributed by atoms with Crippen LogP contribution in [0.3, 0.4) is 0 Å². The zero-order valence-electron chi connectivity index (χ0n) is 20.0. The van der Waals surface area contributed by atoms with Crippen LogP contribution in [-0.2, 0) is 11.3 Å². The maximum Gasteiger partial charge on any atom is 0.191 e. The Morgan fingerprint density at radius 1 is 0.919 bits per heavy atom. The van der Waals surface area contributed by atoms with E-state index in [0.29, 0.717) is 17.3 Å². The van der Waals surface area contributed by atoms with Crippen molar-refractivity contribution in [2.45, 2.75) is 6.54 Å². The second-order valence-corrected chi connectivity index (χ2v) is 8.17. The van der Waals surface area contributed by atoms with Crippen molar-refractivity contribution in [3.8, 4) is 17.1 Å². The van der Waals surface area contributed by atoms with E-state index in [1.54, 1.807) is 12.3 Å². The number of benzene rings is 1. The number of hydrogen-bond acceptors (Lipinski definition) is 10. The van der Waals surface area contributed by atoms with Gasteiger partial charge in [-0.2, -0.15) is 0 Å². The first kappa shape index (κ1) is 24.4. The van der Waals surface area contributed by atoms with Gasteiger partial charge in [-0.15, -0.1) is 0 Å². The number of ether oxygens (including phenoxy) is 2. The molecule has 1 aliphatic heterocycles. The Kier molecular flexibility index (Phi) is 7.38. The summed E-state index contributed by atoms with van der Waals surface area (Å²) in [5.41, 5.74) is 1.37. The predicted octanol–water partition coefficient (Wildman–Crippen LogP) is 3.93. The minimum absolute atomic E-state index is 0.105. The fourth-order valence-electron chi connectivity index (χ4n) is 3.89. The average Bonchev–Trinajstić information content (AvgIpc) is 2.92. The molecule has 0 bridgehead atoms. The highest BCUT2D eigenvalue weighted by atomic mass is 19.1. The Morgan fingerprint density at radius 3 is 2.57 bits per heavy atom. The highest BCUT2D eigenvalue weighted by Crippen LogP contribution is 2.32. The van der Waals surface area contributed by atoms with E-state index in [1.807, 2.05) is 12.1 Å². The highest BCUT2D eigenvalue weighted by Gasteiger charge is 2.18. The van der Waals surface area contributed by atoms with Gasteiger partial charge in [0.05, 0.1) is 26.0 Å². The van der Waals surface area contributed by atoms with E-state index in [0.717, 1.165) is 44.5 Å². The summed E-state index contributed by atoms with van der Waals surface area (Å²) in [7, 11) is 1.30. The Labute approximate surface area is 211 Å². The summed E-state index contributed by atoms with van der Waals surface area (Å²) in [6, 6.07) is 7.90. The maximum atomic E-state index is 14.7. The Morgan fingerprint density at radius 2 is 1.73 bits per heavy atom. The summed E-state index contributed by atoms with van der Waals surface area (Å²) in [5.74, 6) is -0.588. The van der Waals surface area contributed by atoms with Gasteiger partial charge in [0.1, 0.15) is 35.2 Å². The van der Waals surface area contributed by atoms with Crippen LogP contribution in [0.2, 0.25) is 0 Å². The first-order chi connectivity index (χ1) is 18.1. The molecule has 0 spiro atoms. The van der Waals surface area contributed by atoms with Crippen LogP contribution in [0.4, 0.5) is 31.9 Å². The minimum atomic E-state index is -0.882. The summed E-state index contributed by atoms with van der Waals surface area (Å²) in [6.45, 7) is 4.03. The van der Waals surface area contributed by atoms with Crippen molar-refractivity contribution in [3.63, 3.8) is 0 Å². The third kappa shape index (κ3) is 5.76. The monoisotopic (exact) mass is 506 g/mol. The quantitative estimate of drug-likeness (QED) is 0.365. The van der Waals surface area contributed by atoms with Gasteiger partial charge in [-0.3, -0.25) is 4.90 Å². The molecule has 4 aromatic rings. The van der Waals surface area contributed by atoms with Crippen LogP contribution in [0.25, 0.3) is 11.4 Å². The number of nitrogens with zero attached hydrogens (tertiary/aromatic N) is 6. The first-order valence-corrected chi connectivity index (χ1v) is 11.5. The zero-order chi connectivity index (χ0) is 25.6. The number of methoxy groups -OCH3 is 1. The molecule has 37 heavy (non-hydrogen) atoms. The van der Waals surface area contributed by atoms with Crippen molar-refractivity contribution in [2.75, 3.05) is 44.0 Å². The standard InChI is InChI=1S/C25H24F2N8O2/c1-36-19-3-2-17(26)23(22(19)27)34-25-24(29-6-7-30-25)18-13-21(32-15-31-18)33-20-12-16(4-5-28-20)14-35-8-10-37-11-9-35/h2-7,12-13,15H,8-11,14H2,1H3,(H,30,34)(H,28,31,32,33). The van der Waals surface area contributed by atoms with Gasteiger partial charge in [-0.05, 0) is 29.8 Å². The fourth-order valence-corrected chi connectivity index (χ4v) is 3.89. The van der Waals surface area contributed by atoms with Gasteiger partial charge in [0.25, 0.3) is 0 Å². The minimum Gasteiger partial charge on any atom is -0.494 e. The second-order valence-electron chi connectivity index (χ2n) is 8.17. The zero-order valence-corrected chi connectivity index (χ0v) is 20.0. The molecule has 0 unspecified atom stereocenters.